The Hall–Kier alpha value is -4.74. The fraction of sp³-hybridized carbons (Fsp3) is 0.538. The number of ether oxygens (including phenoxy) is 3. The van der Waals surface area contributed by atoms with Crippen molar-refractivity contribution in [2.75, 3.05) is 19.8 Å². The van der Waals surface area contributed by atoms with Crippen LogP contribution in [-0.2, 0) is 23.8 Å². The van der Waals surface area contributed by atoms with Gasteiger partial charge in [-0.1, -0.05) is 223 Å². The fourth-order valence-electron chi connectivity index (χ4n) is 6.75. The molecule has 0 aromatic rings. The number of esters is 2. The molecule has 0 rings (SSSR count). The van der Waals surface area contributed by atoms with Crippen molar-refractivity contribution in [3.63, 3.8) is 0 Å². The lowest BCUT2D eigenvalue weighted by atomic mass is 10.1. The van der Waals surface area contributed by atoms with Gasteiger partial charge in [-0.25, -0.2) is 0 Å². The van der Waals surface area contributed by atoms with Gasteiger partial charge in [0.15, 0.2) is 6.10 Å². The van der Waals surface area contributed by atoms with E-state index in [-0.39, 0.29) is 31.6 Å². The van der Waals surface area contributed by atoms with E-state index in [0.29, 0.717) is 19.4 Å². The standard InChI is InChI=1S/C65H100O5/c1-4-7-10-13-16-19-22-25-28-30-32-34-36-39-42-45-48-51-54-57-60-68-61-63(70-65(67)59-56-53-50-47-44-41-37-27-24-21-18-15-12-9-6-3)62-69-64(66)58-55-52-49-46-43-40-38-35-33-31-29-26-23-20-17-14-11-8-5-2/h7-12,16-21,25-29,32-35,37,39-40,42-43,49,52,63H,4-6,13-15,22-24,30-31,36,38,41,44-48,50-51,53-62H2,1-3H3/b10-7-,11-8-,12-9-,19-16-,20-17-,21-18-,28-25-,29-26-,34-32-,35-33-,37-27-,42-39-,43-40-,52-49-. The zero-order chi connectivity index (χ0) is 50.6. The molecule has 0 aliphatic heterocycles. The van der Waals surface area contributed by atoms with Crippen LogP contribution in [0.25, 0.3) is 0 Å². The van der Waals surface area contributed by atoms with Crippen LogP contribution < -0.4 is 0 Å². The largest absolute Gasteiger partial charge is 0.462 e. The van der Waals surface area contributed by atoms with Gasteiger partial charge in [-0.05, 0) is 135 Å². The van der Waals surface area contributed by atoms with E-state index in [9.17, 15) is 9.59 Å². The normalized spacial score (nSPS) is 13.6. The third kappa shape index (κ3) is 55.9. The fourth-order valence-corrected chi connectivity index (χ4v) is 6.75. The van der Waals surface area contributed by atoms with Crippen molar-refractivity contribution in [1.82, 2.24) is 0 Å². The first-order valence-corrected chi connectivity index (χ1v) is 27.7. The van der Waals surface area contributed by atoms with E-state index in [1.165, 1.54) is 6.42 Å². The molecule has 0 heterocycles. The SMILES string of the molecule is CC/C=C\C/C=C\C/C=C\C/C=C\C/C=C\C/C=C\CCC(=O)OCC(COCCCCCC/C=C\C/C=C\C/C=C\C/C=C\C/C=C\CC)OC(=O)CCCCCCC/C=C\C/C=C\C/C=C\CC. The van der Waals surface area contributed by atoms with Crippen molar-refractivity contribution in [3.8, 4) is 0 Å². The summed E-state index contributed by atoms with van der Waals surface area (Å²) in [4.78, 5) is 25.5. The average molecular weight is 962 g/mol. The number of carbonyl (C=O) groups excluding carboxylic acids is 2. The number of unbranched alkanes of at least 4 members (excludes halogenated alkanes) is 9. The van der Waals surface area contributed by atoms with Crippen LogP contribution in [-0.4, -0.2) is 37.9 Å². The Balaban J connectivity index is 4.51. The highest BCUT2D eigenvalue weighted by atomic mass is 16.6. The topological polar surface area (TPSA) is 61.8 Å². The zero-order valence-electron chi connectivity index (χ0n) is 44.7. The lowest BCUT2D eigenvalue weighted by molar-refractivity contribution is -0.162. The minimum Gasteiger partial charge on any atom is -0.462 e. The van der Waals surface area contributed by atoms with Gasteiger partial charge in [0.2, 0.25) is 0 Å². The van der Waals surface area contributed by atoms with Crippen LogP contribution in [0.1, 0.15) is 201 Å². The predicted molar refractivity (Wildman–Crippen MR) is 306 cm³/mol. The first-order valence-electron chi connectivity index (χ1n) is 27.7. The molecule has 0 saturated heterocycles. The van der Waals surface area contributed by atoms with Crippen LogP contribution in [0.4, 0.5) is 0 Å². The van der Waals surface area contributed by atoms with Crippen LogP contribution in [0.3, 0.4) is 0 Å². The number of hydrogen-bond donors (Lipinski definition) is 0. The van der Waals surface area contributed by atoms with Crippen molar-refractivity contribution in [2.24, 2.45) is 0 Å². The summed E-state index contributed by atoms with van der Waals surface area (Å²) in [7, 11) is 0. The molecule has 0 bridgehead atoms. The number of allylic oxidation sites excluding steroid dienone is 28. The minimum atomic E-state index is -0.605. The molecule has 390 valence electrons. The van der Waals surface area contributed by atoms with Gasteiger partial charge in [0.25, 0.3) is 0 Å². The number of rotatable bonds is 48. The smallest absolute Gasteiger partial charge is 0.306 e. The monoisotopic (exact) mass is 961 g/mol. The third-order valence-electron chi connectivity index (χ3n) is 10.7. The van der Waals surface area contributed by atoms with Gasteiger partial charge in [0, 0.05) is 19.4 Å². The van der Waals surface area contributed by atoms with E-state index >= 15 is 0 Å². The van der Waals surface area contributed by atoms with Crippen molar-refractivity contribution < 1.29 is 23.8 Å². The van der Waals surface area contributed by atoms with Gasteiger partial charge < -0.3 is 14.2 Å². The molecular weight excluding hydrogens is 861 g/mol. The van der Waals surface area contributed by atoms with Crippen LogP contribution in [0, 0.1) is 0 Å². The lowest BCUT2D eigenvalue weighted by Crippen LogP contribution is -2.30. The Kier molecular flexibility index (Phi) is 54.6. The Morgan fingerprint density at radius 3 is 1.01 bits per heavy atom. The second kappa shape index (κ2) is 58.6. The summed E-state index contributed by atoms with van der Waals surface area (Å²) < 4.78 is 17.3. The summed E-state index contributed by atoms with van der Waals surface area (Å²) in [6.45, 7) is 7.30. The van der Waals surface area contributed by atoms with Crippen molar-refractivity contribution in [1.29, 1.82) is 0 Å². The van der Waals surface area contributed by atoms with Gasteiger partial charge in [0.1, 0.15) is 6.61 Å². The summed E-state index contributed by atoms with van der Waals surface area (Å²) in [5, 5.41) is 0. The highest BCUT2D eigenvalue weighted by molar-refractivity contribution is 5.70. The summed E-state index contributed by atoms with van der Waals surface area (Å²) in [5.41, 5.74) is 0. The highest BCUT2D eigenvalue weighted by Gasteiger charge is 2.17. The molecule has 0 aliphatic carbocycles. The van der Waals surface area contributed by atoms with Gasteiger partial charge in [0.05, 0.1) is 6.61 Å². The first kappa shape index (κ1) is 65.3. The van der Waals surface area contributed by atoms with Crippen LogP contribution in [0.15, 0.2) is 170 Å². The molecule has 0 amide bonds. The molecule has 5 nitrogen and oxygen atoms in total. The molecule has 1 atom stereocenters. The van der Waals surface area contributed by atoms with E-state index in [4.69, 9.17) is 14.2 Å². The molecule has 1 unspecified atom stereocenters. The van der Waals surface area contributed by atoms with E-state index in [2.05, 4.69) is 185 Å². The van der Waals surface area contributed by atoms with Crippen LogP contribution in [0.2, 0.25) is 0 Å². The second-order valence-electron chi connectivity index (χ2n) is 17.3. The van der Waals surface area contributed by atoms with Crippen LogP contribution >= 0.6 is 0 Å². The first-order chi connectivity index (χ1) is 34.6. The predicted octanol–water partition coefficient (Wildman–Crippen LogP) is 19.2. The molecule has 0 aliphatic rings. The quantitative estimate of drug-likeness (QED) is 0.0345. The third-order valence-corrected chi connectivity index (χ3v) is 10.7. The summed E-state index contributed by atoms with van der Waals surface area (Å²) in [5.74, 6) is -0.543. The maximum Gasteiger partial charge on any atom is 0.306 e. The molecule has 70 heavy (non-hydrogen) atoms. The maximum atomic E-state index is 12.8. The van der Waals surface area contributed by atoms with Gasteiger partial charge in [-0.15, -0.1) is 0 Å². The molecule has 0 aromatic carbocycles. The number of carbonyl (C=O) groups is 2. The van der Waals surface area contributed by atoms with E-state index in [1.54, 1.807) is 0 Å². The Labute approximate surface area is 430 Å². The van der Waals surface area contributed by atoms with Gasteiger partial charge >= 0.3 is 11.9 Å². The summed E-state index contributed by atoms with van der Waals surface area (Å²) >= 11 is 0. The molecule has 0 spiro atoms. The van der Waals surface area contributed by atoms with E-state index in [1.807, 2.05) is 6.08 Å². The maximum absolute atomic E-state index is 12.8. The molecule has 0 N–H and O–H groups in total. The lowest BCUT2D eigenvalue weighted by Gasteiger charge is -2.18. The molecule has 0 saturated carbocycles. The van der Waals surface area contributed by atoms with Crippen molar-refractivity contribution in [2.45, 2.75) is 207 Å². The molecule has 0 fully saturated rings. The highest BCUT2D eigenvalue weighted by Crippen LogP contribution is 2.11. The average Bonchev–Trinajstić information content (AvgIpc) is 3.36. The summed E-state index contributed by atoms with van der Waals surface area (Å²) in [6.07, 6.45) is 88.1. The minimum absolute atomic E-state index is 0.0147. The second-order valence-corrected chi connectivity index (χ2v) is 17.3. The van der Waals surface area contributed by atoms with Crippen LogP contribution in [0.5, 0.6) is 0 Å². The number of hydrogen-bond acceptors (Lipinski definition) is 5. The van der Waals surface area contributed by atoms with Gasteiger partial charge in [-0.2, -0.15) is 0 Å². The Morgan fingerprint density at radius 2 is 0.629 bits per heavy atom. The molecule has 0 radical (unpaired) electrons. The molecular formula is C65H100O5. The molecule has 5 heteroatoms. The van der Waals surface area contributed by atoms with E-state index < -0.39 is 6.10 Å². The Morgan fingerprint density at radius 1 is 0.314 bits per heavy atom. The Bertz CT molecular complexity index is 1600. The van der Waals surface area contributed by atoms with Gasteiger partial charge in [-0.3, -0.25) is 9.59 Å². The van der Waals surface area contributed by atoms with Crippen molar-refractivity contribution in [3.05, 3.63) is 170 Å². The van der Waals surface area contributed by atoms with Crippen molar-refractivity contribution >= 4 is 11.9 Å². The van der Waals surface area contributed by atoms with E-state index in [0.717, 1.165) is 154 Å². The zero-order valence-corrected chi connectivity index (χ0v) is 44.7. The summed E-state index contributed by atoms with van der Waals surface area (Å²) in [6, 6.07) is 0. The molecule has 0 aromatic heterocycles.